The highest BCUT2D eigenvalue weighted by Crippen LogP contribution is 2.23. The van der Waals surface area contributed by atoms with Crippen molar-refractivity contribution in [3.63, 3.8) is 0 Å². The quantitative estimate of drug-likeness (QED) is 0.292. The molecule has 8 nitrogen and oxygen atoms in total. The molecule has 3 rings (SSSR count). The molecule has 1 aromatic rings. The smallest absolute Gasteiger partial charge is 0.191 e. The third kappa shape index (κ3) is 7.88. The van der Waals surface area contributed by atoms with Crippen molar-refractivity contribution in [2.75, 3.05) is 72.7 Å². The Morgan fingerprint density at radius 1 is 0.968 bits per heavy atom. The zero-order chi connectivity index (χ0) is 21.3. The van der Waals surface area contributed by atoms with Gasteiger partial charge in [-0.1, -0.05) is 13.8 Å². The lowest BCUT2D eigenvalue weighted by molar-refractivity contribution is 0.00742. The van der Waals surface area contributed by atoms with Crippen molar-refractivity contribution in [2.24, 2.45) is 10.9 Å². The first kappa shape index (κ1) is 26.4. The van der Waals surface area contributed by atoms with Crippen LogP contribution in [-0.2, 0) is 9.47 Å². The summed E-state index contributed by atoms with van der Waals surface area (Å²) in [7, 11) is 1.83. The number of hydrogen-bond acceptors (Lipinski definition) is 6. The maximum Gasteiger partial charge on any atom is 0.191 e. The molecule has 178 valence electrons. The Bertz CT molecular complexity index is 657. The van der Waals surface area contributed by atoms with Gasteiger partial charge < -0.3 is 24.5 Å². The SMILES string of the molecule is CN=C(NCC(c1ccc(C)o1)N1CCOCC1)NCC(C(C)C)N1CCOCC1.I. The molecule has 0 radical (unpaired) electrons. The van der Waals surface area contributed by atoms with Gasteiger partial charge in [0.15, 0.2) is 5.96 Å². The molecule has 2 aliphatic heterocycles. The van der Waals surface area contributed by atoms with E-state index >= 15 is 0 Å². The predicted molar refractivity (Wildman–Crippen MR) is 134 cm³/mol. The largest absolute Gasteiger partial charge is 0.465 e. The number of furan rings is 1. The van der Waals surface area contributed by atoms with Crippen LogP contribution in [0.3, 0.4) is 0 Å². The monoisotopic (exact) mass is 549 g/mol. The normalized spacial score (nSPS) is 20.9. The number of ether oxygens (including phenoxy) is 2. The average Bonchev–Trinajstić information content (AvgIpc) is 3.19. The second kappa shape index (κ2) is 13.6. The van der Waals surface area contributed by atoms with E-state index in [2.05, 4.69) is 45.3 Å². The molecule has 1 aromatic heterocycles. The maximum atomic E-state index is 5.97. The lowest BCUT2D eigenvalue weighted by Crippen LogP contribution is -2.53. The van der Waals surface area contributed by atoms with Crippen LogP contribution in [0, 0.1) is 12.8 Å². The van der Waals surface area contributed by atoms with Gasteiger partial charge in [-0.15, -0.1) is 24.0 Å². The molecule has 31 heavy (non-hydrogen) atoms. The van der Waals surface area contributed by atoms with E-state index in [1.165, 1.54) is 0 Å². The molecule has 0 spiro atoms. The van der Waals surface area contributed by atoms with Crippen molar-refractivity contribution < 1.29 is 13.9 Å². The van der Waals surface area contributed by atoms with Gasteiger partial charge in [-0.2, -0.15) is 0 Å². The number of rotatable bonds is 8. The molecule has 0 saturated carbocycles. The molecule has 2 fully saturated rings. The predicted octanol–water partition coefficient (Wildman–Crippen LogP) is 2.10. The van der Waals surface area contributed by atoms with Crippen molar-refractivity contribution in [1.29, 1.82) is 0 Å². The summed E-state index contributed by atoms with van der Waals surface area (Å²) in [5, 5.41) is 7.07. The van der Waals surface area contributed by atoms with Crippen molar-refractivity contribution >= 4 is 29.9 Å². The molecule has 0 aliphatic carbocycles. The Balaban J connectivity index is 0.00000341. The minimum atomic E-state index is 0. The molecule has 9 heteroatoms. The van der Waals surface area contributed by atoms with Crippen LogP contribution in [0.1, 0.15) is 31.4 Å². The highest BCUT2D eigenvalue weighted by molar-refractivity contribution is 14.0. The van der Waals surface area contributed by atoms with E-state index in [4.69, 9.17) is 13.9 Å². The molecule has 2 aliphatic rings. The summed E-state index contributed by atoms with van der Waals surface area (Å²) >= 11 is 0. The molecule has 0 aromatic carbocycles. The summed E-state index contributed by atoms with van der Waals surface area (Å²) in [6, 6.07) is 4.72. The Hall–Kier alpha value is -0.880. The van der Waals surface area contributed by atoms with Gasteiger partial charge in [-0.3, -0.25) is 14.8 Å². The molecule has 0 bridgehead atoms. The second-order valence-corrected chi connectivity index (χ2v) is 8.41. The summed E-state index contributed by atoms with van der Waals surface area (Å²) in [6.45, 7) is 15.1. The van der Waals surface area contributed by atoms with Gasteiger partial charge in [0.05, 0.1) is 32.5 Å². The van der Waals surface area contributed by atoms with Gasteiger partial charge in [0.1, 0.15) is 11.5 Å². The lowest BCUT2D eigenvalue weighted by Gasteiger charge is -2.37. The number of aliphatic imine (C=N–C) groups is 1. The van der Waals surface area contributed by atoms with Gasteiger partial charge in [0.25, 0.3) is 0 Å². The fourth-order valence-corrected chi connectivity index (χ4v) is 4.24. The van der Waals surface area contributed by atoms with Gasteiger partial charge in [-0.25, -0.2) is 0 Å². The van der Waals surface area contributed by atoms with Crippen molar-refractivity contribution in [3.8, 4) is 0 Å². The van der Waals surface area contributed by atoms with E-state index in [0.29, 0.717) is 12.0 Å². The van der Waals surface area contributed by atoms with Gasteiger partial charge in [-0.05, 0) is 25.0 Å². The summed E-state index contributed by atoms with van der Waals surface area (Å²) in [5.41, 5.74) is 0. The highest BCUT2D eigenvalue weighted by Gasteiger charge is 2.26. The molecule has 2 unspecified atom stereocenters. The Labute approximate surface area is 204 Å². The van der Waals surface area contributed by atoms with Crippen LogP contribution < -0.4 is 10.6 Å². The molecule has 2 saturated heterocycles. The number of hydrogen-bond donors (Lipinski definition) is 2. The van der Waals surface area contributed by atoms with Gasteiger partial charge >= 0.3 is 0 Å². The zero-order valence-electron chi connectivity index (χ0n) is 19.4. The number of aryl methyl sites for hydroxylation is 1. The van der Waals surface area contributed by atoms with Crippen LogP contribution in [0.4, 0.5) is 0 Å². The van der Waals surface area contributed by atoms with E-state index < -0.39 is 0 Å². The first-order valence-corrected chi connectivity index (χ1v) is 11.2. The van der Waals surface area contributed by atoms with Crippen LogP contribution in [0.5, 0.6) is 0 Å². The molecule has 2 atom stereocenters. The lowest BCUT2D eigenvalue weighted by atomic mass is 10.0. The molecule has 0 amide bonds. The Morgan fingerprint density at radius 2 is 1.55 bits per heavy atom. The molecular formula is C22H40IN5O3. The van der Waals surface area contributed by atoms with E-state index in [1.807, 2.05) is 20.0 Å². The fourth-order valence-electron chi connectivity index (χ4n) is 4.24. The Morgan fingerprint density at radius 3 is 2.06 bits per heavy atom. The van der Waals surface area contributed by atoms with Crippen LogP contribution in [-0.4, -0.2) is 94.5 Å². The third-order valence-electron chi connectivity index (χ3n) is 6.03. The van der Waals surface area contributed by atoms with E-state index in [1.54, 1.807) is 0 Å². The number of nitrogens with one attached hydrogen (secondary N) is 2. The van der Waals surface area contributed by atoms with Crippen molar-refractivity contribution in [2.45, 2.75) is 32.9 Å². The molecular weight excluding hydrogens is 509 g/mol. The fraction of sp³-hybridized carbons (Fsp3) is 0.773. The van der Waals surface area contributed by atoms with E-state index in [9.17, 15) is 0 Å². The molecule has 2 N–H and O–H groups in total. The van der Waals surface area contributed by atoms with Gasteiger partial charge in [0.2, 0.25) is 0 Å². The van der Waals surface area contributed by atoms with Crippen LogP contribution in [0.25, 0.3) is 0 Å². The standard InChI is InChI=1S/C22H39N5O3.HI/c1-17(2)19(26-7-11-28-12-8-26)15-24-22(23-4)25-16-20(21-6-5-18(3)30-21)27-9-13-29-14-10-27;/h5-6,17,19-20H,7-16H2,1-4H3,(H2,23,24,25);1H. The maximum absolute atomic E-state index is 5.97. The van der Waals surface area contributed by atoms with E-state index in [-0.39, 0.29) is 30.0 Å². The first-order chi connectivity index (χ1) is 14.6. The highest BCUT2D eigenvalue weighted by atomic mass is 127. The third-order valence-corrected chi connectivity index (χ3v) is 6.03. The average molecular weight is 549 g/mol. The number of guanidine groups is 1. The van der Waals surface area contributed by atoms with Crippen LogP contribution >= 0.6 is 24.0 Å². The summed E-state index contributed by atoms with van der Waals surface area (Å²) in [6.07, 6.45) is 0. The van der Waals surface area contributed by atoms with Gasteiger partial charge in [0, 0.05) is 52.4 Å². The summed E-state index contributed by atoms with van der Waals surface area (Å²) in [4.78, 5) is 9.41. The second-order valence-electron chi connectivity index (χ2n) is 8.41. The van der Waals surface area contributed by atoms with Crippen molar-refractivity contribution in [1.82, 2.24) is 20.4 Å². The van der Waals surface area contributed by atoms with Crippen LogP contribution in [0.2, 0.25) is 0 Å². The minimum Gasteiger partial charge on any atom is -0.465 e. The number of morpholine rings is 2. The topological polar surface area (TPSA) is 74.5 Å². The first-order valence-electron chi connectivity index (χ1n) is 11.2. The number of halogens is 1. The molecule has 3 heterocycles. The minimum absolute atomic E-state index is 0. The van der Waals surface area contributed by atoms with E-state index in [0.717, 1.165) is 83.2 Å². The number of nitrogens with zero attached hydrogens (tertiary/aromatic N) is 3. The van der Waals surface area contributed by atoms with Crippen molar-refractivity contribution in [3.05, 3.63) is 23.7 Å². The summed E-state index contributed by atoms with van der Waals surface area (Å²) < 4.78 is 17.0. The zero-order valence-corrected chi connectivity index (χ0v) is 21.8. The van der Waals surface area contributed by atoms with Crippen LogP contribution in [0.15, 0.2) is 21.5 Å². The summed E-state index contributed by atoms with van der Waals surface area (Å²) in [5.74, 6) is 3.32. The Kier molecular flexibility index (Phi) is 11.6.